The van der Waals surface area contributed by atoms with Crippen molar-refractivity contribution in [1.82, 2.24) is 9.55 Å². The van der Waals surface area contributed by atoms with Gasteiger partial charge in [-0.3, -0.25) is 24.3 Å². The molecule has 0 saturated carbocycles. The molecule has 0 aliphatic carbocycles. The summed E-state index contributed by atoms with van der Waals surface area (Å²) >= 11 is 1.48. The lowest BCUT2D eigenvalue weighted by molar-refractivity contribution is -0.384. The average molecular weight is 387 g/mol. The van der Waals surface area contributed by atoms with Crippen molar-refractivity contribution in [3.8, 4) is 0 Å². The number of carbonyl (C=O) groups excluding carboxylic acids is 1. The minimum Gasteiger partial charge on any atom is -0.461 e. The number of hydrogen-bond donors (Lipinski definition) is 0. The third kappa shape index (κ3) is 4.03. The van der Waals surface area contributed by atoms with E-state index in [-0.39, 0.29) is 30.8 Å². The Balaban J connectivity index is 1.60. The number of carbonyl (C=O) groups is 1. The molecular formula is C18H17N3O5S. The lowest BCUT2D eigenvalue weighted by Crippen LogP contribution is -2.22. The van der Waals surface area contributed by atoms with E-state index in [1.54, 1.807) is 0 Å². The summed E-state index contributed by atoms with van der Waals surface area (Å²) < 4.78 is 6.57. The smallest absolute Gasteiger partial charge is 0.307 e. The summed E-state index contributed by atoms with van der Waals surface area (Å²) in [6.45, 7) is 4.03. The lowest BCUT2D eigenvalue weighted by Gasteiger charge is -2.07. The van der Waals surface area contributed by atoms with Gasteiger partial charge in [-0.2, -0.15) is 0 Å². The van der Waals surface area contributed by atoms with Crippen molar-refractivity contribution in [2.75, 3.05) is 0 Å². The molecule has 140 valence electrons. The Bertz CT molecular complexity index is 1070. The first-order chi connectivity index (χ1) is 12.9. The van der Waals surface area contributed by atoms with Crippen molar-refractivity contribution >= 4 is 33.2 Å². The predicted molar refractivity (Wildman–Crippen MR) is 101 cm³/mol. The Kier molecular flexibility index (Phi) is 5.31. The van der Waals surface area contributed by atoms with Gasteiger partial charge in [0.1, 0.15) is 11.4 Å². The minimum absolute atomic E-state index is 0.0197. The molecule has 0 saturated heterocycles. The van der Waals surface area contributed by atoms with Gasteiger partial charge >= 0.3 is 5.97 Å². The normalized spacial score (nSPS) is 10.9. The van der Waals surface area contributed by atoms with Crippen LogP contribution < -0.4 is 5.56 Å². The van der Waals surface area contributed by atoms with Gasteiger partial charge in [-0.1, -0.05) is 0 Å². The summed E-state index contributed by atoms with van der Waals surface area (Å²) in [5.41, 5.74) is 1.39. The maximum atomic E-state index is 12.6. The van der Waals surface area contributed by atoms with Gasteiger partial charge in [-0.15, -0.1) is 11.3 Å². The molecule has 9 heteroatoms. The zero-order valence-electron chi connectivity index (χ0n) is 14.8. The Hall–Kier alpha value is -3.07. The van der Waals surface area contributed by atoms with Gasteiger partial charge in [0.05, 0.1) is 23.1 Å². The van der Waals surface area contributed by atoms with Crippen molar-refractivity contribution < 1.29 is 14.5 Å². The van der Waals surface area contributed by atoms with Crippen LogP contribution in [0, 0.1) is 24.0 Å². The number of nitrogens with zero attached hydrogens (tertiary/aromatic N) is 3. The summed E-state index contributed by atoms with van der Waals surface area (Å²) in [5.74, 6) is -0.460. The molecule has 0 radical (unpaired) electrons. The number of esters is 1. The molecule has 27 heavy (non-hydrogen) atoms. The van der Waals surface area contributed by atoms with Crippen molar-refractivity contribution in [2.45, 2.75) is 33.4 Å². The van der Waals surface area contributed by atoms with E-state index in [9.17, 15) is 19.7 Å². The molecule has 0 amide bonds. The topological polar surface area (TPSA) is 104 Å². The van der Waals surface area contributed by atoms with Gasteiger partial charge in [0.25, 0.3) is 11.2 Å². The van der Waals surface area contributed by atoms with Gasteiger partial charge < -0.3 is 4.74 Å². The van der Waals surface area contributed by atoms with Crippen molar-refractivity contribution in [1.29, 1.82) is 0 Å². The summed E-state index contributed by atoms with van der Waals surface area (Å²) in [7, 11) is 0. The molecule has 0 bridgehead atoms. The zero-order chi connectivity index (χ0) is 19.6. The largest absolute Gasteiger partial charge is 0.461 e. The van der Waals surface area contributed by atoms with Crippen LogP contribution in [0.4, 0.5) is 5.69 Å². The number of rotatable bonds is 6. The van der Waals surface area contributed by atoms with E-state index in [0.29, 0.717) is 15.8 Å². The molecule has 8 nitrogen and oxygen atoms in total. The number of thiophene rings is 1. The van der Waals surface area contributed by atoms with E-state index >= 15 is 0 Å². The number of benzene rings is 1. The number of non-ortho nitro benzene ring substituents is 1. The molecule has 0 aliphatic rings. The number of fused-ring (bicyclic) bond motifs is 1. The lowest BCUT2D eigenvalue weighted by atomic mass is 10.2. The van der Waals surface area contributed by atoms with Crippen LogP contribution in [0.5, 0.6) is 0 Å². The molecule has 0 N–H and O–H groups in total. The number of nitro benzene ring substituents is 1. The average Bonchev–Trinajstić information content (AvgIpc) is 2.94. The summed E-state index contributed by atoms with van der Waals surface area (Å²) in [6.07, 6.45) is 1.48. The first-order valence-electron chi connectivity index (χ1n) is 8.21. The summed E-state index contributed by atoms with van der Waals surface area (Å²) in [4.78, 5) is 40.7. The van der Waals surface area contributed by atoms with E-state index in [4.69, 9.17) is 4.74 Å². The van der Waals surface area contributed by atoms with Crippen LogP contribution in [-0.2, 0) is 22.7 Å². The van der Waals surface area contributed by atoms with Gasteiger partial charge in [-0.25, -0.2) is 4.98 Å². The molecular weight excluding hydrogens is 370 g/mol. The van der Waals surface area contributed by atoms with Crippen molar-refractivity contribution in [3.63, 3.8) is 0 Å². The molecule has 3 aromatic rings. The summed E-state index contributed by atoms with van der Waals surface area (Å²) in [5, 5.41) is 11.2. The van der Waals surface area contributed by atoms with Crippen LogP contribution in [0.3, 0.4) is 0 Å². The van der Waals surface area contributed by atoms with E-state index in [0.717, 1.165) is 10.4 Å². The fourth-order valence-electron chi connectivity index (χ4n) is 2.59. The van der Waals surface area contributed by atoms with Crippen LogP contribution >= 0.6 is 11.3 Å². The maximum Gasteiger partial charge on any atom is 0.307 e. The molecule has 0 aliphatic heterocycles. The van der Waals surface area contributed by atoms with E-state index < -0.39 is 10.9 Å². The Morgan fingerprint density at radius 1 is 1.30 bits per heavy atom. The molecule has 2 aromatic heterocycles. The fourth-order valence-corrected chi connectivity index (χ4v) is 3.58. The second-order valence-corrected chi connectivity index (χ2v) is 7.24. The highest BCUT2D eigenvalue weighted by Crippen LogP contribution is 2.25. The first-order valence-corrected chi connectivity index (χ1v) is 9.02. The van der Waals surface area contributed by atoms with Crippen LogP contribution in [0.25, 0.3) is 10.2 Å². The number of aromatic nitrogens is 2. The number of nitro groups is 1. The SMILES string of the molecule is Cc1sc2ncn(CCC(=O)OCc3ccc([N+](=O)[O-])cc3)c(=O)c2c1C. The zero-order valence-corrected chi connectivity index (χ0v) is 15.6. The van der Waals surface area contributed by atoms with Crippen LogP contribution in [-0.4, -0.2) is 20.4 Å². The van der Waals surface area contributed by atoms with Crippen LogP contribution in [0.2, 0.25) is 0 Å². The monoisotopic (exact) mass is 387 g/mol. The highest BCUT2D eigenvalue weighted by molar-refractivity contribution is 7.18. The Morgan fingerprint density at radius 2 is 2.00 bits per heavy atom. The highest BCUT2D eigenvalue weighted by atomic mass is 32.1. The standard InChI is InChI=1S/C18H17N3O5S/c1-11-12(2)27-17-16(11)18(23)20(10-19-17)8-7-15(22)26-9-13-3-5-14(6-4-13)21(24)25/h3-6,10H,7-9H2,1-2H3. The molecule has 0 fully saturated rings. The number of ether oxygens (including phenoxy) is 1. The number of aryl methyl sites for hydroxylation is 3. The van der Waals surface area contributed by atoms with Crippen molar-refractivity contribution in [2.24, 2.45) is 0 Å². The quantitative estimate of drug-likeness (QED) is 0.366. The van der Waals surface area contributed by atoms with Gasteiger partial charge in [0.15, 0.2) is 0 Å². The Labute approximate surface area is 158 Å². The minimum atomic E-state index is -0.491. The van der Waals surface area contributed by atoms with E-state index in [1.165, 1.54) is 46.5 Å². The first kappa shape index (κ1) is 18.7. The molecule has 0 atom stereocenters. The van der Waals surface area contributed by atoms with Gasteiger partial charge in [-0.05, 0) is 37.1 Å². The second-order valence-electron chi connectivity index (χ2n) is 6.04. The molecule has 0 unspecified atom stereocenters. The molecule has 0 spiro atoms. The molecule has 3 rings (SSSR count). The highest BCUT2D eigenvalue weighted by Gasteiger charge is 2.13. The second kappa shape index (κ2) is 7.67. The molecule has 1 aromatic carbocycles. The third-order valence-corrected chi connectivity index (χ3v) is 5.37. The van der Waals surface area contributed by atoms with E-state index in [1.807, 2.05) is 13.8 Å². The number of hydrogen-bond acceptors (Lipinski definition) is 7. The maximum absolute atomic E-state index is 12.6. The van der Waals surface area contributed by atoms with E-state index in [2.05, 4.69) is 4.98 Å². The Morgan fingerprint density at radius 3 is 2.67 bits per heavy atom. The van der Waals surface area contributed by atoms with Gasteiger partial charge in [0, 0.05) is 23.6 Å². The van der Waals surface area contributed by atoms with Crippen LogP contribution in [0.15, 0.2) is 35.4 Å². The van der Waals surface area contributed by atoms with Crippen molar-refractivity contribution in [3.05, 3.63) is 67.1 Å². The fraction of sp³-hybridized carbons (Fsp3) is 0.278. The predicted octanol–water partition coefficient (Wildman–Crippen LogP) is 3.12. The van der Waals surface area contributed by atoms with Gasteiger partial charge in [0.2, 0.25) is 0 Å². The molecule has 2 heterocycles. The van der Waals surface area contributed by atoms with Crippen LogP contribution in [0.1, 0.15) is 22.4 Å². The third-order valence-electron chi connectivity index (χ3n) is 4.26. The summed E-state index contributed by atoms with van der Waals surface area (Å²) in [6, 6.07) is 5.79.